The van der Waals surface area contributed by atoms with Crippen LogP contribution >= 0.6 is 11.6 Å². The van der Waals surface area contributed by atoms with Crippen molar-refractivity contribution in [3.8, 4) is 28.6 Å². The molecule has 0 spiro atoms. The summed E-state index contributed by atoms with van der Waals surface area (Å²) in [5.74, 6) is 0.0984. The van der Waals surface area contributed by atoms with Crippen molar-refractivity contribution in [3.05, 3.63) is 95.9 Å². The predicted molar refractivity (Wildman–Crippen MR) is 142 cm³/mol. The molecule has 3 heterocycles. The number of alkyl halides is 2. The molecule has 5 rings (SSSR count). The van der Waals surface area contributed by atoms with E-state index in [0.29, 0.717) is 27.6 Å². The van der Waals surface area contributed by atoms with Crippen LogP contribution in [0.4, 0.5) is 35.2 Å². The number of pyridine rings is 1. The van der Waals surface area contributed by atoms with Gasteiger partial charge in [-0.25, -0.2) is 37.6 Å². The Bertz CT molecular complexity index is 1660. The van der Waals surface area contributed by atoms with Gasteiger partial charge in [0.05, 0.1) is 47.4 Å². The average molecular weight is 567 g/mol. The van der Waals surface area contributed by atoms with Crippen molar-refractivity contribution in [2.24, 2.45) is 0 Å². The average Bonchev–Trinajstić information content (AvgIpc) is 3.42. The summed E-state index contributed by atoms with van der Waals surface area (Å²) >= 11 is 6.06. The van der Waals surface area contributed by atoms with Gasteiger partial charge in [-0.15, -0.1) is 0 Å². The monoisotopic (exact) mass is 566 g/mol. The lowest BCUT2D eigenvalue weighted by molar-refractivity contribution is 0.151. The summed E-state index contributed by atoms with van der Waals surface area (Å²) < 4.78 is 46.3. The Morgan fingerprint density at radius 3 is 2.42 bits per heavy atom. The molecule has 0 aliphatic carbocycles. The highest BCUT2D eigenvalue weighted by Gasteiger charge is 2.15. The summed E-state index contributed by atoms with van der Waals surface area (Å²) in [5, 5.41) is 9.42. The SMILES string of the molecule is Nc1ncc(F)cc1-c1ccc(Oc2ncc(NC(=O)Nc3cc(Cl)ccc3-n3cc(C(F)F)cn3)cn2)cc1. The van der Waals surface area contributed by atoms with Crippen LogP contribution in [0.25, 0.3) is 16.8 Å². The van der Waals surface area contributed by atoms with Gasteiger partial charge in [-0.2, -0.15) is 5.10 Å². The van der Waals surface area contributed by atoms with E-state index in [9.17, 15) is 18.0 Å². The van der Waals surface area contributed by atoms with Crippen molar-refractivity contribution < 1.29 is 22.7 Å². The van der Waals surface area contributed by atoms with Crippen molar-refractivity contribution in [1.82, 2.24) is 24.7 Å². The van der Waals surface area contributed by atoms with Crippen LogP contribution in [-0.2, 0) is 0 Å². The fourth-order valence-corrected chi connectivity index (χ4v) is 3.77. The second-order valence-electron chi connectivity index (χ2n) is 8.23. The molecule has 10 nitrogen and oxygen atoms in total. The maximum Gasteiger partial charge on any atom is 0.323 e. The van der Waals surface area contributed by atoms with E-state index in [1.54, 1.807) is 24.3 Å². The van der Waals surface area contributed by atoms with Crippen molar-refractivity contribution >= 4 is 34.8 Å². The highest BCUT2D eigenvalue weighted by molar-refractivity contribution is 6.31. The molecule has 0 saturated carbocycles. The maximum atomic E-state index is 13.5. The van der Waals surface area contributed by atoms with Crippen LogP contribution in [0.15, 0.2) is 79.5 Å². The Labute approximate surface area is 229 Å². The number of benzene rings is 2. The lowest BCUT2D eigenvalue weighted by Gasteiger charge is -2.12. The first-order chi connectivity index (χ1) is 19.2. The second kappa shape index (κ2) is 11.3. The first-order valence-corrected chi connectivity index (χ1v) is 11.8. The van der Waals surface area contributed by atoms with Crippen LogP contribution < -0.4 is 21.1 Å². The molecule has 2 amide bonds. The van der Waals surface area contributed by atoms with Gasteiger partial charge in [-0.3, -0.25) is 0 Å². The number of amides is 2. The lowest BCUT2D eigenvalue weighted by atomic mass is 10.1. The van der Waals surface area contributed by atoms with Gasteiger partial charge in [0.1, 0.15) is 17.4 Å². The predicted octanol–water partition coefficient (Wildman–Crippen LogP) is 6.47. The molecule has 202 valence electrons. The quantitative estimate of drug-likeness (QED) is 0.205. The Kier molecular flexibility index (Phi) is 7.46. The van der Waals surface area contributed by atoms with E-state index in [-0.39, 0.29) is 28.8 Å². The van der Waals surface area contributed by atoms with Gasteiger partial charge in [0.15, 0.2) is 0 Å². The van der Waals surface area contributed by atoms with Gasteiger partial charge in [0, 0.05) is 16.8 Å². The molecule has 0 radical (unpaired) electrons. The number of carbonyl (C=O) groups excluding carboxylic acids is 1. The number of carbonyl (C=O) groups is 1. The number of anilines is 3. The van der Waals surface area contributed by atoms with E-state index in [1.807, 2.05) is 0 Å². The number of rotatable bonds is 7. The summed E-state index contributed by atoms with van der Waals surface area (Å²) in [7, 11) is 0. The summed E-state index contributed by atoms with van der Waals surface area (Å²) in [6.45, 7) is 0. The smallest absolute Gasteiger partial charge is 0.323 e. The van der Waals surface area contributed by atoms with Crippen molar-refractivity contribution in [2.75, 3.05) is 16.4 Å². The van der Waals surface area contributed by atoms with E-state index in [1.165, 1.54) is 41.3 Å². The van der Waals surface area contributed by atoms with E-state index < -0.39 is 18.3 Å². The third kappa shape index (κ3) is 6.10. The van der Waals surface area contributed by atoms with Crippen molar-refractivity contribution in [3.63, 3.8) is 0 Å². The van der Waals surface area contributed by atoms with E-state index in [2.05, 4.69) is 30.7 Å². The fraction of sp³-hybridized carbons (Fsp3) is 0.0385. The minimum Gasteiger partial charge on any atom is -0.424 e. The molecular weight excluding hydrogens is 549 g/mol. The molecule has 4 N–H and O–H groups in total. The van der Waals surface area contributed by atoms with Gasteiger partial charge >= 0.3 is 12.0 Å². The summed E-state index contributed by atoms with van der Waals surface area (Å²) in [6, 6.07) is 11.8. The number of nitrogens with one attached hydrogen (secondary N) is 2. The van der Waals surface area contributed by atoms with Crippen LogP contribution in [-0.4, -0.2) is 30.8 Å². The van der Waals surface area contributed by atoms with E-state index in [0.717, 1.165) is 18.6 Å². The van der Waals surface area contributed by atoms with Crippen molar-refractivity contribution in [2.45, 2.75) is 6.43 Å². The molecule has 40 heavy (non-hydrogen) atoms. The molecule has 14 heteroatoms. The molecule has 0 aliphatic rings. The Morgan fingerprint density at radius 2 is 1.73 bits per heavy atom. The minimum atomic E-state index is -2.69. The molecule has 0 atom stereocenters. The third-order valence-electron chi connectivity index (χ3n) is 5.45. The topological polar surface area (TPSA) is 133 Å². The van der Waals surface area contributed by atoms with Gasteiger partial charge in [-0.05, 0) is 42.0 Å². The number of halogens is 4. The molecule has 3 aromatic heterocycles. The first kappa shape index (κ1) is 26.4. The van der Waals surface area contributed by atoms with Gasteiger partial charge in [0.2, 0.25) is 0 Å². The van der Waals surface area contributed by atoms with Gasteiger partial charge in [-0.1, -0.05) is 23.7 Å². The number of nitrogens with two attached hydrogens (primary N) is 1. The molecule has 0 unspecified atom stereocenters. The number of hydrogen-bond donors (Lipinski definition) is 3. The zero-order chi connectivity index (χ0) is 28.2. The number of nitrogens with zero attached hydrogens (tertiary/aromatic N) is 5. The van der Waals surface area contributed by atoms with Crippen LogP contribution in [0, 0.1) is 5.82 Å². The van der Waals surface area contributed by atoms with E-state index >= 15 is 0 Å². The number of ether oxygens (including phenoxy) is 1. The van der Waals surface area contributed by atoms with E-state index in [4.69, 9.17) is 22.1 Å². The van der Waals surface area contributed by atoms with Crippen LogP contribution in [0.3, 0.4) is 0 Å². The lowest BCUT2D eigenvalue weighted by Crippen LogP contribution is -2.20. The van der Waals surface area contributed by atoms with Crippen molar-refractivity contribution in [1.29, 1.82) is 0 Å². The van der Waals surface area contributed by atoms with Crippen LogP contribution in [0.1, 0.15) is 12.0 Å². The normalized spacial score (nSPS) is 10.9. The first-order valence-electron chi connectivity index (χ1n) is 11.5. The Balaban J connectivity index is 1.23. The molecule has 0 bridgehead atoms. The highest BCUT2D eigenvalue weighted by atomic mass is 35.5. The fourth-order valence-electron chi connectivity index (χ4n) is 3.60. The third-order valence-corrected chi connectivity index (χ3v) is 5.69. The van der Waals surface area contributed by atoms with Crippen LogP contribution in [0.2, 0.25) is 5.02 Å². The zero-order valence-corrected chi connectivity index (χ0v) is 21.0. The number of aromatic nitrogens is 5. The zero-order valence-electron chi connectivity index (χ0n) is 20.2. The number of urea groups is 1. The van der Waals surface area contributed by atoms with Gasteiger partial charge in [0.25, 0.3) is 6.43 Å². The van der Waals surface area contributed by atoms with Gasteiger partial charge < -0.3 is 21.1 Å². The Morgan fingerprint density at radius 1 is 0.975 bits per heavy atom. The molecule has 5 aromatic rings. The van der Waals surface area contributed by atoms with Crippen LogP contribution in [0.5, 0.6) is 11.8 Å². The molecule has 0 fully saturated rings. The largest absolute Gasteiger partial charge is 0.424 e. The Hall–Kier alpha value is -5.17. The molecule has 2 aromatic carbocycles. The highest BCUT2D eigenvalue weighted by Crippen LogP contribution is 2.29. The second-order valence-corrected chi connectivity index (χ2v) is 8.66. The number of hydrogen-bond acceptors (Lipinski definition) is 7. The molecule has 0 saturated heterocycles. The molecule has 0 aliphatic heterocycles. The summed E-state index contributed by atoms with van der Waals surface area (Å²) in [5.41, 5.74) is 7.46. The summed E-state index contributed by atoms with van der Waals surface area (Å²) in [6.07, 6.45) is 3.21. The maximum absolute atomic E-state index is 13.5. The number of nitrogen functional groups attached to an aromatic ring is 1. The molecular formula is C26H18ClF3N8O2. The standard InChI is InChI=1S/C26H18ClF3N8O2/c27-16-3-6-22(38-13-15(9-35-38)23(29)30)21(7-16)37-25(39)36-18-11-33-26(34-12-18)40-19-4-1-14(2-5-19)20-8-17(28)10-32-24(20)31/h1-13,23H,(H2,31,32)(H2,36,37,39). The minimum absolute atomic E-state index is 0.0105. The summed E-state index contributed by atoms with van der Waals surface area (Å²) in [4.78, 5) is 24.6.